The Morgan fingerprint density at radius 2 is 2.06 bits per heavy atom. The monoisotopic (exact) mass is 250 g/mol. The lowest BCUT2D eigenvalue weighted by Gasteiger charge is -2.20. The average molecular weight is 250 g/mol. The number of carbonyl (C=O) groups is 1. The number of nitrogens with zero attached hydrogens (tertiary/aromatic N) is 1. The van der Waals surface area contributed by atoms with Crippen LogP contribution < -0.4 is 5.32 Å². The third-order valence-electron chi connectivity index (χ3n) is 2.79. The van der Waals surface area contributed by atoms with Gasteiger partial charge in [-0.15, -0.1) is 0 Å². The number of hydrogen-bond acceptors (Lipinski definition) is 3. The van der Waals surface area contributed by atoms with Gasteiger partial charge in [0, 0.05) is 24.5 Å². The molecule has 0 aliphatic carbocycles. The molecule has 0 unspecified atom stereocenters. The predicted octanol–water partition coefficient (Wildman–Crippen LogP) is 2.06. The molecule has 1 saturated heterocycles. The quantitative estimate of drug-likeness (QED) is 0.891. The molecule has 2 rings (SSSR count). The molecule has 92 valence electrons. The van der Waals surface area contributed by atoms with Crippen LogP contribution in [0.1, 0.15) is 6.42 Å². The average Bonchev–Trinajstić information content (AvgIpc) is 2.66. The topological polar surface area (TPSA) is 32.3 Å². The Morgan fingerprint density at radius 3 is 2.88 bits per heavy atom. The van der Waals surface area contributed by atoms with Gasteiger partial charge in [-0.1, -0.05) is 18.2 Å². The maximum absolute atomic E-state index is 12.0. The summed E-state index contributed by atoms with van der Waals surface area (Å²) in [4.78, 5) is 13.9. The van der Waals surface area contributed by atoms with E-state index in [-0.39, 0.29) is 5.91 Å². The summed E-state index contributed by atoms with van der Waals surface area (Å²) in [6.07, 6.45) is 1.11. The zero-order chi connectivity index (χ0) is 11.9. The van der Waals surface area contributed by atoms with Crippen LogP contribution in [0.2, 0.25) is 0 Å². The number of para-hydroxylation sites is 1. The predicted molar refractivity (Wildman–Crippen MR) is 73.5 cm³/mol. The molecule has 0 atom stereocenters. The fourth-order valence-corrected chi connectivity index (χ4v) is 2.73. The van der Waals surface area contributed by atoms with E-state index in [1.165, 1.54) is 5.75 Å². The molecule has 0 spiro atoms. The molecule has 3 nitrogen and oxygen atoms in total. The first kappa shape index (κ1) is 12.3. The first-order chi connectivity index (χ1) is 8.36. The molecule has 1 amide bonds. The molecule has 1 fully saturated rings. The van der Waals surface area contributed by atoms with Crippen molar-refractivity contribution in [3.63, 3.8) is 0 Å². The zero-order valence-corrected chi connectivity index (χ0v) is 10.7. The van der Waals surface area contributed by atoms with E-state index in [1.54, 1.807) is 0 Å². The molecule has 1 aromatic carbocycles. The summed E-state index contributed by atoms with van der Waals surface area (Å²) in [5.74, 6) is 2.45. The van der Waals surface area contributed by atoms with E-state index in [0.717, 1.165) is 31.0 Å². The Morgan fingerprint density at radius 1 is 1.24 bits per heavy atom. The number of thioether (sulfide) groups is 1. The van der Waals surface area contributed by atoms with Crippen molar-refractivity contribution in [2.45, 2.75) is 6.42 Å². The third kappa shape index (κ3) is 3.97. The van der Waals surface area contributed by atoms with Crippen LogP contribution in [0.3, 0.4) is 0 Å². The van der Waals surface area contributed by atoms with E-state index < -0.39 is 0 Å². The van der Waals surface area contributed by atoms with Gasteiger partial charge in [0.1, 0.15) is 0 Å². The molecule has 1 heterocycles. The fourth-order valence-electron chi connectivity index (χ4n) is 1.84. The molecule has 0 bridgehead atoms. The maximum Gasteiger partial charge on any atom is 0.241 e. The van der Waals surface area contributed by atoms with E-state index in [1.807, 2.05) is 47.0 Å². The Kier molecular flexibility index (Phi) is 4.74. The van der Waals surface area contributed by atoms with Crippen molar-refractivity contribution >= 4 is 23.4 Å². The number of hydrogen-bond donors (Lipinski definition) is 1. The van der Waals surface area contributed by atoms with Crippen molar-refractivity contribution in [1.29, 1.82) is 0 Å². The molecule has 17 heavy (non-hydrogen) atoms. The molecule has 1 aliphatic heterocycles. The molecule has 4 heteroatoms. The van der Waals surface area contributed by atoms with Crippen LogP contribution in [-0.2, 0) is 4.79 Å². The Hall–Kier alpha value is -1.16. The molecule has 0 saturated carbocycles. The van der Waals surface area contributed by atoms with Crippen molar-refractivity contribution in [3.05, 3.63) is 30.3 Å². The van der Waals surface area contributed by atoms with Gasteiger partial charge >= 0.3 is 0 Å². The minimum absolute atomic E-state index is 0.205. The van der Waals surface area contributed by atoms with E-state index in [0.29, 0.717) is 6.54 Å². The number of rotatable bonds is 3. The summed E-state index contributed by atoms with van der Waals surface area (Å²) < 4.78 is 0. The normalized spacial score (nSPS) is 16.4. The highest BCUT2D eigenvalue weighted by Crippen LogP contribution is 2.10. The highest BCUT2D eigenvalue weighted by atomic mass is 32.2. The van der Waals surface area contributed by atoms with Crippen LogP contribution in [0.5, 0.6) is 0 Å². The standard InChI is InChI=1S/C13H18N2OS/c16-13(15-7-4-9-17-10-8-15)11-14-12-5-2-1-3-6-12/h1-3,5-6,14H,4,7-11H2. The maximum atomic E-state index is 12.0. The third-order valence-corrected chi connectivity index (χ3v) is 3.84. The SMILES string of the molecule is O=C(CNc1ccccc1)N1CCCSCC1. The molecule has 1 aromatic rings. The zero-order valence-electron chi connectivity index (χ0n) is 9.89. The Labute approximate surface area is 107 Å². The minimum Gasteiger partial charge on any atom is -0.376 e. The molecule has 0 aromatic heterocycles. The van der Waals surface area contributed by atoms with Gasteiger partial charge in [-0.2, -0.15) is 11.8 Å². The number of carbonyl (C=O) groups excluding carboxylic acids is 1. The fraction of sp³-hybridized carbons (Fsp3) is 0.462. The lowest BCUT2D eigenvalue weighted by Crippen LogP contribution is -2.37. The van der Waals surface area contributed by atoms with Crippen LogP contribution in [0.25, 0.3) is 0 Å². The Balaban J connectivity index is 1.80. The van der Waals surface area contributed by atoms with Gasteiger partial charge in [0.25, 0.3) is 0 Å². The summed E-state index contributed by atoms with van der Waals surface area (Å²) in [6, 6.07) is 9.86. The summed E-state index contributed by atoms with van der Waals surface area (Å²) in [5.41, 5.74) is 1.00. The first-order valence-corrected chi connectivity index (χ1v) is 7.16. The van der Waals surface area contributed by atoms with Crippen LogP contribution in [0, 0.1) is 0 Å². The van der Waals surface area contributed by atoms with Crippen molar-refractivity contribution < 1.29 is 4.79 Å². The van der Waals surface area contributed by atoms with Crippen molar-refractivity contribution in [1.82, 2.24) is 4.90 Å². The summed E-state index contributed by atoms with van der Waals surface area (Å²) >= 11 is 1.94. The molecular formula is C13H18N2OS. The van der Waals surface area contributed by atoms with E-state index in [2.05, 4.69) is 5.32 Å². The van der Waals surface area contributed by atoms with Crippen LogP contribution in [0.15, 0.2) is 30.3 Å². The smallest absolute Gasteiger partial charge is 0.241 e. The lowest BCUT2D eigenvalue weighted by molar-refractivity contribution is -0.129. The minimum atomic E-state index is 0.205. The van der Waals surface area contributed by atoms with Crippen molar-refractivity contribution in [3.8, 4) is 0 Å². The summed E-state index contributed by atoms with van der Waals surface area (Å²) in [5, 5.41) is 3.16. The molecule has 1 N–H and O–H groups in total. The molecular weight excluding hydrogens is 232 g/mol. The largest absolute Gasteiger partial charge is 0.376 e. The second-order valence-corrected chi connectivity index (χ2v) is 5.29. The number of amides is 1. The first-order valence-electron chi connectivity index (χ1n) is 6.01. The van der Waals surface area contributed by atoms with Gasteiger partial charge in [0.15, 0.2) is 0 Å². The number of anilines is 1. The number of nitrogens with one attached hydrogen (secondary N) is 1. The van der Waals surface area contributed by atoms with Gasteiger partial charge in [0.05, 0.1) is 6.54 Å². The van der Waals surface area contributed by atoms with Crippen LogP contribution in [0.4, 0.5) is 5.69 Å². The van der Waals surface area contributed by atoms with Gasteiger partial charge in [-0.25, -0.2) is 0 Å². The summed E-state index contributed by atoms with van der Waals surface area (Å²) in [7, 11) is 0. The second-order valence-electron chi connectivity index (χ2n) is 4.07. The van der Waals surface area contributed by atoms with E-state index in [9.17, 15) is 4.79 Å². The van der Waals surface area contributed by atoms with E-state index in [4.69, 9.17) is 0 Å². The van der Waals surface area contributed by atoms with Gasteiger partial charge < -0.3 is 10.2 Å². The van der Waals surface area contributed by atoms with Gasteiger partial charge in [-0.05, 0) is 24.3 Å². The lowest BCUT2D eigenvalue weighted by atomic mass is 10.3. The molecule has 1 aliphatic rings. The van der Waals surface area contributed by atoms with E-state index >= 15 is 0 Å². The van der Waals surface area contributed by atoms with Crippen molar-refractivity contribution in [2.24, 2.45) is 0 Å². The second kappa shape index (κ2) is 6.55. The van der Waals surface area contributed by atoms with Crippen LogP contribution >= 0.6 is 11.8 Å². The Bertz CT molecular complexity index is 348. The van der Waals surface area contributed by atoms with Crippen LogP contribution in [-0.4, -0.2) is 41.9 Å². The number of benzene rings is 1. The van der Waals surface area contributed by atoms with Gasteiger partial charge in [-0.3, -0.25) is 4.79 Å². The highest BCUT2D eigenvalue weighted by molar-refractivity contribution is 7.99. The van der Waals surface area contributed by atoms with Gasteiger partial charge in [0.2, 0.25) is 5.91 Å². The van der Waals surface area contributed by atoms with Crippen molar-refractivity contribution in [2.75, 3.05) is 36.5 Å². The summed E-state index contributed by atoms with van der Waals surface area (Å²) in [6.45, 7) is 2.19. The molecule has 0 radical (unpaired) electrons. The highest BCUT2D eigenvalue weighted by Gasteiger charge is 2.14.